The topological polar surface area (TPSA) is 145 Å². The van der Waals surface area contributed by atoms with Crippen LogP contribution >= 0.6 is 0 Å². The molecule has 322 valence electrons. The number of carbonyl (C=O) groups excluding carboxylic acids is 3. The van der Waals surface area contributed by atoms with Gasteiger partial charge in [-0.25, -0.2) is 0 Å². The summed E-state index contributed by atoms with van der Waals surface area (Å²) in [4.78, 5) is 47.9. The molecule has 57 heavy (non-hydrogen) atoms. The highest BCUT2D eigenvalue weighted by molar-refractivity contribution is 5.87. The van der Waals surface area contributed by atoms with Crippen molar-refractivity contribution in [2.75, 3.05) is 20.2 Å². The molecule has 2 fully saturated rings. The van der Waals surface area contributed by atoms with Gasteiger partial charge in [0, 0.05) is 64.5 Å². The summed E-state index contributed by atoms with van der Waals surface area (Å²) >= 11 is 0. The molecule has 10 nitrogen and oxygen atoms in total. The third-order valence-corrected chi connectivity index (χ3v) is 9.85. The van der Waals surface area contributed by atoms with Crippen LogP contribution in [0.1, 0.15) is 130 Å². The van der Waals surface area contributed by atoms with Crippen LogP contribution in [0.25, 0.3) is 0 Å². The summed E-state index contributed by atoms with van der Waals surface area (Å²) in [5.74, 6) is 1.34. The van der Waals surface area contributed by atoms with E-state index < -0.39 is 66.8 Å². The average molecular weight is 813 g/mol. The lowest BCUT2D eigenvalue weighted by Crippen LogP contribution is -2.36. The van der Waals surface area contributed by atoms with Gasteiger partial charge in [0.2, 0.25) is 0 Å². The van der Waals surface area contributed by atoms with Gasteiger partial charge in [-0.1, -0.05) is 77.7 Å². The molecule has 0 radical (unpaired) electrons. The Morgan fingerprint density at radius 1 is 0.719 bits per heavy atom. The number of aliphatic carboxylic acids is 1. The first-order chi connectivity index (χ1) is 26.9. The number of hydrogen-bond donors (Lipinski definition) is 3. The van der Waals surface area contributed by atoms with Crippen LogP contribution in [-0.4, -0.2) is 105 Å². The van der Waals surface area contributed by atoms with Gasteiger partial charge >= 0.3 is 23.8 Å². The average Bonchev–Trinajstić information content (AvgIpc) is 3.52. The summed E-state index contributed by atoms with van der Waals surface area (Å²) in [6.45, 7) is 7.99. The molecular formula is C43H64F4N2O8. The predicted molar refractivity (Wildman–Crippen MR) is 210 cm³/mol. The van der Waals surface area contributed by atoms with E-state index in [-0.39, 0.29) is 37.3 Å². The quantitative estimate of drug-likeness (QED) is 0.0340. The highest BCUT2D eigenvalue weighted by atomic mass is 19.3. The van der Waals surface area contributed by atoms with Crippen LogP contribution in [0.4, 0.5) is 17.6 Å². The van der Waals surface area contributed by atoms with Crippen LogP contribution in [0.15, 0.2) is 24.3 Å². The Balaban J connectivity index is 0.000000570. The highest BCUT2D eigenvalue weighted by Crippen LogP contribution is 2.36. The van der Waals surface area contributed by atoms with E-state index in [2.05, 4.69) is 28.4 Å². The number of unbranched alkanes of at least 4 members (excludes halogenated alkanes) is 6. The summed E-state index contributed by atoms with van der Waals surface area (Å²) in [5, 5.41) is 29.0. The zero-order valence-corrected chi connectivity index (χ0v) is 34.3. The lowest BCUT2D eigenvalue weighted by atomic mass is 9.99. The molecule has 2 heterocycles. The number of methoxy groups -OCH3 is 1. The number of carbonyl (C=O) groups is 4. The smallest absolute Gasteiger partial charge is 0.327 e. The molecule has 0 aromatic heterocycles. The standard InChI is InChI=1S/C22H33F2NO4.C21H31F2NO4/c1-4-5-8-11-17(2)19(26)14-13-18-16-22(23,24)21(28)25(18)15-10-7-6-9-12-20(27)29-3;1-3-4-7-10-16(2)18(25)13-12-17-15-21(22,23)20(28)24(17)14-9-6-5-8-11-19(26)27/h13-14,17-19,26H,4,6-7,9-12,15-16H2,1-3H3;12-13,16-18,25H,3,5-6,8-11,14-15H2,1-2H3,(H,26,27)/b14-13+;13-12+/t17-,18-,19+;16-,17-,18+/m00/s1. The second kappa shape index (κ2) is 26.9. The third kappa shape index (κ3) is 19.4. The molecule has 3 N–H and O–H groups in total. The fourth-order valence-corrected chi connectivity index (χ4v) is 6.26. The summed E-state index contributed by atoms with van der Waals surface area (Å²) in [6.07, 6.45) is 11.4. The fourth-order valence-electron chi connectivity index (χ4n) is 6.26. The maximum atomic E-state index is 13.9. The highest BCUT2D eigenvalue weighted by Gasteiger charge is 2.53. The number of carboxylic acid groups (broad SMARTS) is 1. The normalized spacial score (nSPS) is 20.6. The number of likely N-dealkylation sites (tertiary alicyclic amines) is 2. The fraction of sp³-hybridized carbons (Fsp3) is 0.721. The molecule has 0 aromatic rings. The Morgan fingerprint density at radius 3 is 1.47 bits per heavy atom. The summed E-state index contributed by atoms with van der Waals surface area (Å²) in [7, 11) is 1.34. The molecule has 0 unspecified atom stereocenters. The minimum absolute atomic E-state index is 0.0881. The van der Waals surface area contributed by atoms with E-state index >= 15 is 0 Å². The number of aliphatic hydroxyl groups excluding tert-OH is 2. The van der Waals surface area contributed by atoms with Gasteiger partial charge in [-0.2, -0.15) is 17.6 Å². The molecule has 0 saturated carbocycles. The predicted octanol–water partition coefficient (Wildman–Crippen LogP) is 7.32. The molecule has 2 aliphatic heterocycles. The van der Waals surface area contributed by atoms with Gasteiger partial charge in [0.1, 0.15) is 0 Å². The first-order valence-corrected chi connectivity index (χ1v) is 20.2. The van der Waals surface area contributed by atoms with Crippen molar-refractivity contribution in [2.24, 2.45) is 11.8 Å². The number of carboxylic acids is 1. The number of alkyl halides is 4. The van der Waals surface area contributed by atoms with Crippen LogP contribution in [0.3, 0.4) is 0 Å². The van der Waals surface area contributed by atoms with Crippen molar-refractivity contribution in [3.8, 4) is 23.7 Å². The summed E-state index contributed by atoms with van der Waals surface area (Å²) < 4.78 is 60.2. The monoisotopic (exact) mass is 812 g/mol. The molecule has 2 saturated heterocycles. The van der Waals surface area contributed by atoms with E-state index in [0.29, 0.717) is 57.8 Å². The number of esters is 1. The minimum Gasteiger partial charge on any atom is -0.481 e. The van der Waals surface area contributed by atoms with Gasteiger partial charge in [-0.15, -0.1) is 23.7 Å². The zero-order valence-electron chi connectivity index (χ0n) is 34.3. The van der Waals surface area contributed by atoms with E-state index in [1.807, 2.05) is 27.7 Å². The second-order valence-electron chi connectivity index (χ2n) is 14.8. The van der Waals surface area contributed by atoms with Crippen molar-refractivity contribution in [3.63, 3.8) is 0 Å². The maximum absolute atomic E-state index is 13.9. The number of rotatable bonds is 22. The maximum Gasteiger partial charge on any atom is 0.327 e. The van der Waals surface area contributed by atoms with E-state index in [1.54, 1.807) is 0 Å². The van der Waals surface area contributed by atoms with Crippen LogP contribution in [0.5, 0.6) is 0 Å². The lowest BCUT2D eigenvalue weighted by molar-refractivity contribution is -0.148. The number of ether oxygens (including phenoxy) is 1. The van der Waals surface area contributed by atoms with Crippen molar-refractivity contribution in [1.29, 1.82) is 0 Å². The largest absolute Gasteiger partial charge is 0.481 e. The van der Waals surface area contributed by atoms with Gasteiger partial charge in [0.15, 0.2) is 0 Å². The van der Waals surface area contributed by atoms with E-state index in [0.717, 1.165) is 25.7 Å². The van der Waals surface area contributed by atoms with Crippen molar-refractivity contribution in [2.45, 2.75) is 167 Å². The molecule has 0 spiro atoms. The SMILES string of the molecule is CCC#CC[C@H](C)[C@H](O)/C=C/[C@H]1CC(F)(F)C(=O)N1CCCCCCC(=O)O.CCC#CC[C@H](C)[C@H](O)/C=C/[C@H]1CC(F)(F)C(=O)N1CCCCCCC(=O)OC. The molecule has 2 amide bonds. The van der Waals surface area contributed by atoms with Crippen LogP contribution in [0, 0.1) is 35.5 Å². The number of amides is 2. The first kappa shape index (κ1) is 51.1. The lowest BCUT2D eigenvalue weighted by Gasteiger charge is -2.22. The van der Waals surface area contributed by atoms with Crippen molar-refractivity contribution in [1.82, 2.24) is 9.80 Å². The molecular weight excluding hydrogens is 748 g/mol. The number of hydrogen-bond acceptors (Lipinski definition) is 7. The van der Waals surface area contributed by atoms with Gasteiger partial charge in [-0.3, -0.25) is 19.2 Å². The Labute approximate surface area is 336 Å². The van der Waals surface area contributed by atoms with Crippen LogP contribution in [0.2, 0.25) is 0 Å². The third-order valence-electron chi connectivity index (χ3n) is 9.85. The van der Waals surface area contributed by atoms with Crippen molar-refractivity contribution < 1.29 is 56.8 Å². The molecule has 0 aliphatic carbocycles. The van der Waals surface area contributed by atoms with Gasteiger partial charge in [0.05, 0.1) is 31.4 Å². The first-order valence-electron chi connectivity index (χ1n) is 20.2. The number of nitrogens with zero attached hydrogens (tertiary/aromatic N) is 2. The molecule has 2 aliphatic rings. The van der Waals surface area contributed by atoms with Crippen molar-refractivity contribution >= 4 is 23.8 Å². The molecule has 0 aromatic carbocycles. The zero-order chi connectivity index (χ0) is 43.0. The molecule has 0 bridgehead atoms. The molecule has 6 atom stereocenters. The van der Waals surface area contributed by atoms with Crippen LogP contribution in [-0.2, 0) is 23.9 Å². The second-order valence-corrected chi connectivity index (χ2v) is 14.8. The number of aliphatic hydroxyl groups is 2. The van der Waals surface area contributed by atoms with E-state index in [4.69, 9.17) is 5.11 Å². The van der Waals surface area contributed by atoms with Gasteiger partial charge < -0.3 is 29.9 Å². The van der Waals surface area contributed by atoms with E-state index in [1.165, 1.54) is 41.2 Å². The van der Waals surface area contributed by atoms with Crippen molar-refractivity contribution in [3.05, 3.63) is 24.3 Å². The van der Waals surface area contributed by atoms with E-state index in [9.17, 15) is 47.0 Å². The Bertz CT molecular complexity index is 1450. The minimum atomic E-state index is -3.39. The molecule has 14 heteroatoms. The Hall–Kier alpha value is -3.88. The Kier molecular flexibility index (Phi) is 24.2. The summed E-state index contributed by atoms with van der Waals surface area (Å²) in [6, 6.07) is -1.47. The Morgan fingerprint density at radius 2 is 1.11 bits per heavy atom. The summed E-state index contributed by atoms with van der Waals surface area (Å²) in [5.41, 5.74) is 0. The van der Waals surface area contributed by atoms with Gasteiger partial charge in [-0.05, 0) is 37.5 Å². The van der Waals surface area contributed by atoms with Crippen LogP contribution < -0.4 is 0 Å². The van der Waals surface area contributed by atoms with Gasteiger partial charge in [0.25, 0.3) is 11.8 Å². The number of halogens is 4. The molecule has 2 rings (SSSR count).